The zero-order chi connectivity index (χ0) is 22.3. The van der Waals surface area contributed by atoms with Gasteiger partial charge in [-0.15, -0.1) is 0 Å². The van der Waals surface area contributed by atoms with E-state index in [-0.39, 0.29) is 18.0 Å². The lowest BCUT2D eigenvalue weighted by molar-refractivity contribution is -0.119. The Balaban J connectivity index is 1.68. The van der Waals surface area contributed by atoms with E-state index in [0.717, 1.165) is 4.31 Å². The summed E-state index contributed by atoms with van der Waals surface area (Å²) >= 11 is 11.9. The monoisotopic (exact) mass is 478 g/mol. The summed E-state index contributed by atoms with van der Waals surface area (Å²) in [6.45, 7) is 0.0186. The van der Waals surface area contributed by atoms with Gasteiger partial charge in [0.15, 0.2) is 0 Å². The molecule has 3 rings (SSSR count). The van der Waals surface area contributed by atoms with E-state index < -0.39 is 22.5 Å². The minimum atomic E-state index is -3.97. The molecule has 3 aromatic carbocycles. The topological polar surface area (TPSA) is 75.7 Å². The van der Waals surface area contributed by atoms with Crippen molar-refractivity contribution < 1.29 is 17.9 Å². The van der Waals surface area contributed by atoms with Gasteiger partial charge >= 0.3 is 0 Å². The van der Waals surface area contributed by atoms with E-state index in [0.29, 0.717) is 21.5 Å². The second-order valence-electron chi connectivity index (χ2n) is 6.46. The molecule has 0 aliphatic heterocycles. The lowest BCUT2D eigenvalue weighted by atomic mass is 10.3. The highest BCUT2D eigenvalue weighted by molar-refractivity contribution is 7.92. The number of sulfonamides is 1. The van der Waals surface area contributed by atoms with E-state index in [1.807, 2.05) is 0 Å². The standard InChI is InChI=1S/C22H20Cl2N2O4S/c23-17-9-11-20(12-10-17)30-14-13-25-22(27)16-26(19-6-4-5-18(24)15-19)31(28,29)21-7-2-1-3-8-21/h1-12,15H,13-14,16H2,(H,25,27). The van der Waals surface area contributed by atoms with E-state index in [2.05, 4.69) is 5.32 Å². The van der Waals surface area contributed by atoms with Crippen molar-refractivity contribution in [2.75, 3.05) is 24.0 Å². The molecule has 0 saturated carbocycles. The Morgan fingerprint density at radius 2 is 1.61 bits per heavy atom. The molecule has 0 aromatic heterocycles. The Morgan fingerprint density at radius 1 is 0.903 bits per heavy atom. The number of carbonyl (C=O) groups excluding carboxylic acids is 1. The van der Waals surface area contributed by atoms with Crippen molar-refractivity contribution in [3.63, 3.8) is 0 Å². The normalized spacial score (nSPS) is 11.0. The van der Waals surface area contributed by atoms with Gasteiger partial charge in [-0.05, 0) is 54.6 Å². The third-order valence-corrected chi connectivity index (χ3v) is 6.50. The smallest absolute Gasteiger partial charge is 0.264 e. The summed E-state index contributed by atoms with van der Waals surface area (Å²) in [5.74, 6) is 0.144. The maximum absolute atomic E-state index is 13.2. The molecule has 0 bridgehead atoms. The SMILES string of the molecule is O=C(CN(c1cccc(Cl)c1)S(=O)(=O)c1ccccc1)NCCOc1ccc(Cl)cc1. The summed E-state index contributed by atoms with van der Waals surface area (Å²) in [5, 5.41) is 3.64. The number of nitrogens with one attached hydrogen (secondary N) is 1. The lowest BCUT2D eigenvalue weighted by Gasteiger charge is -2.24. The summed E-state index contributed by atoms with van der Waals surface area (Å²) in [6.07, 6.45) is 0. The molecule has 0 heterocycles. The lowest BCUT2D eigenvalue weighted by Crippen LogP contribution is -2.41. The predicted octanol–water partition coefficient (Wildman–Crippen LogP) is 4.38. The summed E-state index contributed by atoms with van der Waals surface area (Å²) in [5.41, 5.74) is 0.295. The molecule has 1 amide bonds. The molecule has 0 aliphatic carbocycles. The summed E-state index contributed by atoms with van der Waals surface area (Å²) in [4.78, 5) is 12.6. The fourth-order valence-corrected chi connectivity index (χ4v) is 4.49. The van der Waals surface area contributed by atoms with Crippen LogP contribution in [0, 0.1) is 0 Å². The Bertz CT molecular complexity index is 1120. The first-order valence-corrected chi connectivity index (χ1v) is 11.5. The largest absolute Gasteiger partial charge is 0.492 e. The highest BCUT2D eigenvalue weighted by atomic mass is 35.5. The Hall–Kier alpha value is -2.74. The maximum atomic E-state index is 13.2. The van der Waals surface area contributed by atoms with Crippen molar-refractivity contribution in [2.45, 2.75) is 4.90 Å². The van der Waals surface area contributed by atoms with Gasteiger partial charge in [0.2, 0.25) is 5.91 Å². The molecule has 162 valence electrons. The quantitative estimate of drug-likeness (QED) is 0.462. The number of amides is 1. The molecule has 1 N–H and O–H groups in total. The summed E-state index contributed by atoms with van der Waals surface area (Å²) < 4.78 is 32.9. The van der Waals surface area contributed by atoms with Gasteiger partial charge in [0.25, 0.3) is 10.0 Å². The second kappa shape index (κ2) is 10.5. The number of hydrogen-bond donors (Lipinski definition) is 1. The van der Waals surface area contributed by atoms with Crippen LogP contribution in [0.2, 0.25) is 10.0 Å². The van der Waals surface area contributed by atoms with Crippen LogP contribution < -0.4 is 14.4 Å². The number of halogens is 2. The van der Waals surface area contributed by atoms with Gasteiger partial charge in [-0.3, -0.25) is 9.10 Å². The number of ether oxygens (including phenoxy) is 1. The van der Waals surface area contributed by atoms with Gasteiger partial charge in [0, 0.05) is 10.0 Å². The van der Waals surface area contributed by atoms with Crippen LogP contribution in [0.5, 0.6) is 5.75 Å². The van der Waals surface area contributed by atoms with Crippen LogP contribution in [0.1, 0.15) is 0 Å². The number of benzene rings is 3. The number of carbonyl (C=O) groups is 1. The van der Waals surface area contributed by atoms with Crippen LogP contribution >= 0.6 is 23.2 Å². The maximum Gasteiger partial charge on any atom is 0.264 e. The first-order valence-electron chi connectivity index (χ1n) is 9.35. The number of hydrogen-bond acceptors (Lipinski definition) is 4. The molecule has 0 atom stereocenters. The highest BCUT2D eigenvalue weighted by Crippen LogP contribution is 2.25. The third-order valence-electron chi connectivity index (χ3n) is 4.22. The van der Waals surface area contributed by atoms with E-state index in [9.17, 15) is 13.2 Å². The Kier molecular flexibility index (Phi) is 7.79. The van der Waals surface area contributed by atoms with Crippen molar-refractivity contribution in [1.29, 1.82) is 0 Å². The van der Waals surface area contributed by atoms with Crippen LogP contribution in [0.4, 0.5) is 5.69 Å². The minimum Gasteiger partial charge on any atom is -0.492 e. The van der Waals surface area contributed by atoms with Gasteiger partial charge in [0.1, 0.15) is 18.9 Å². The first-order chi connectivity index (χ1) is 14.9. The van der Waals surface area contributed by atoms with E-state index in [1.165, 1.54) is 18.2 Å². The van der Waals surface area contributed by atoms with Gasteiger partial charge in [-0.25, -0.2) is 8.42 Å². The molecule has 0 radical (unpaired) electrons. The minimum absolute atomic E-state index is 0.0776. The van der Waals surface area contributed by atoms with Crippen LogP contribution in [0.15, 0.2) is 83.8 Å². The molecule has 6 nitrogen and oxygen atoms in total. The van der Waals surface area contributed by atoms with Gasteiger partial charge in [-0.2, -0.15) is 0 Å². The molecule has 0 unspecified atom stereocenters. The summed E-state index contributed by atoms with van der Waals surface area (Å²) in [6, 6.07) is 21.1. The van der Waals surface area contributed by atoms with E-state index in [1.54, 1.807) is 60.7 Å². The van der Waals surface area contributed by atoms with Crippen LogP contribution in [0.25, 0.3) is 0 Å². The van der Waals surface area contributed by atoms with Crippen LogP contribution in [0.3, 0.4) is 0 Å². The Morgan fingerprint density at radius 3 is 2.29 bits per heavy atom. The van der Waals surface area contributed by atoms with Gasteiger partial charge in [-0.1, -0.05) is 47.5 Å². The molecule has 0 aliphatic rings. The average Bonchev–Trinajstić information content (AvgIpc) is 2.77. The fourth-order valence-electron chi connectivity index (χ4n) is 2.74. The van der Waals surface area contributed by atoms with Crippen LogP contribution in [-0.4, -0.2) is 34.0 Å². The first kappa shape index (κ1) is 22.9. The zero-order valence-electron chi connectivity index (χ0n) is 16.4. The summed E-state index contributed by atoms with van der Waals surface area (Å²) in [7, 11) is -3.97. The molecule has 0 fully saturated rings. The Labute approximate surface area is 191 Å². The van der Waals surface area contributed by atoms with Crippen molar-refractivity contribution in [3.8, 4) is 5.75 Å². The van der Waals surface area contributed by atoms with Gasteiger partial charge < -0.3 is 10.1 Å². The second-order valence-corrected chi connectivity index (χ2v) is 9.19. The molecular weight excluding hydrogens is 459 g/mol. The average molecular weight is 479 g/mol. The highest BCUT2D eigenvalue weighted by Gasteiger charge is 2.27. The zero-order valence-corrected chi connectivity index (χ0v) is 18.7. The predicted molar refractivity (Wildman–Crippen MR) is 122 cm³/mol. The fraction of sp³-hybridized carbons (Fsp3) is 0.136. The molecule has 0 spiro atoms. The van der Waals surface area contributed by atoms with Crippen LogP contribution in [-0.2, 0) is 14.8 Å². The van der Waals surface area contributed by atoms with Crippen molar-refractivity contribution in [2.24, 2.45) is 0 Å². The molecular formula is C22H20Cl2N2O4S. The molecule has 9 heteroatoms. The van der Waals surface area contributed by atoms with E-state index in [4.69, 9.17) is 27.9 Å². The van der Waals surface area contributed by atoms with Crippen molar-refractivity contribution >= 4 is 44.8 Å². The van der Waals surface area contributed by atoms with Crippen molar-refractivity contribution in [3.05, 3.63) is 88.9 Å². The number of anilines is 1. The number of nitrogens with zero attached hydrogens (tertiary/aromatic N) is 1. The molecule has 3 aromatic rings. The molecule has 31 heavy (non-hydrogen) atoms. The van der Waals surface area contributed by atoms with Crippen molar-refractivity contribution in [1.82, 2.24) is 5.32 Å². The molecule has 0 saturated heterocycles. The van der Waals surface area contributed by atoms with Gasteiger partial charge in [0.05, 0.1) is 17.1 Å². The third kappa shape index (κ3) is 6.37. The number of rotatable bonds is 9. The van der Waals surface area contributed by atoms with E-state index >= 15 is 0 Å².